The molecule has 0 fully saturated rings. The number of ether oxygens (including phenoxy) is 2. The van der Waals surface area contributed by atoms with Crippen molar-refractivity contribution in [3.05, 3.63) is 22.8 Å². The van der Waals surface area contributed by atoms with Crippen molar-refractivity contribution in [3.8, 4) is 11.5 Å². The average molecular weight is 513 g/mol. The van der Waals surface area contributed by atoms with Gasteiger partial charge in [0.15, 0.2) is 0 Å². The normalized spacial score (nSPS) is 19.5. The molecule has 0 N–H and O–H groups in total. The quantitative estimate of drug-likeness (QED) is 0.195. The van der Waals surface area contributed by atoms with Crippen LogP contribution >= 0.6 is 0 Å². The Balaban J connectivity index is 1.90. The number of aryl methyl sites for hydroxylation is 1. The van der Waals surface area contributed by atoms with E-state index in [0.29, 0.717) is 36.8 Å². The highest BCUT2D eigenvalue weighted by atomic mass is 19.4. The fraction of sp³-hybridized carbons (Fsp3) is 0.767. The van der Waals surface area contributed by atoms with Crippen LogP contribution in [0.4, 0.5) is 13.2 Å². The number of fused-ring (bicyclic) bond motifs is 1. The zero-order valence-corrected chi connectivity index (χ0v) is 23.4. The maximum Gasteiger partial charge on any atom is 0.391 e. The molecule has 206 valence electrons. The van der Waals surface area contributed by atoms with Crippen LogP contribution in [0.1, 0.15) is 116 Å². The highest BCUT2D eigenvalue weighted by molar-refractivity contribution is 5.70. The summed E-state index contributed by atoms with van der Waals surface area (Å²) in [4.78, 5) is 11.4. The van der Waals surface area contributed by atoms with Crippen molar-refractivity contribution in [1.29, 1.82) is 0 Å². The molecule has 0 bridgehead atoms. The van der Waals surface area contributed by atoms with E-state index in [2.05, 4.69) is 20.8 Å². The lowest BCUT2D eigenvalue weighted by molar-refractivity contribution is -0.179. The molecule has 0 amide bonds. The Morgan fingerprint density at radius 1 is 1.06 bits per heavy atom. The molecule has 2 rings (SSSR count). The van der Waals surface area contributed by atoms with Crippen molar-refractivity contribution < 1.29 is 27.4 Å². The van der Waals surface area contributed by atoms with Gasteiger partial charge in [0.25, 0.3) is 0 Å². The number of carbonyl (C=O) groups is 1. The van der Waals surface area contributed by atoms with Gasteiger partial charge in [0.2, 0.25) is 0 Å². The molecular weight excluding hydrogens is 465 g/mol. The molecule has 6 heteroatoms. The Hall–Kier alpha value is -1.72. The predicted octanol–water partition coefficient (Wildman–Crippen LogP) is 9.29. The van der Waals surface area contributed by atoms with Crippen molar-refractivity contribution in [3.63, 3.8) is 0 Å². The van der Waals surface area contributed by atoms with E-state index in [1.807, 2.05) is 26.8 Å². The largest absolute Gasteiger partial charge is 0.487 e. The maximum atomic E-state index is 13.8. The third-order valence-corrected chi connectivity index (χ3v) is 7.76. The molecule has 3 nitrogen and oxygen atoms in total. The van der Waals surface area contributed by atoms with Crippen molar-refractivity contribution in [2.24, 2.45) is 17.8 Å². The van der Waals surface area contributed by atoms with E-state index in [1.54, 1.807) is 0 Å². The van der Waals surface area contributed by atoms with Gasteiger partial charge < -0.3 is 9.47 Å². The molecular formula is C30H47F3O3. The smallest absolute Gasteiger partial charge is 0.391 e. The third-order valence-electron chi connectivity index (χ3n) is 7.76. The highest BCUT2D eigenvalue weighted by Gasteiger charge is 2.40. The van der Waals surface area contributed by atoms with E-state index in [4.69, 9.17) is 9.47 Å². The predicted molar refractivity (Wildman–Crippen MR) is 140 cm³/mol. The molecule has 36 heavy (non-hydrogen) atoms. The van der Waals surface area contributed by atoms with Crippen molar-refractivity contribution in [2.45, 2.75) is 131 Å². The monoisotopic (exact) mass is 512 g/mol. The Bertz CT molecular complexity index is 862. The van der Waals surface area contributed by atoms with Gasteiger partial charge in [-0.25, -0.2) is 0 Å². The van der Waals surface area contributed by atoms with Crippen LogP contribution in [0.25, 0.3) is 0 Å². The van der Waals surface area contributed by atoms with Crippen LogP contribution in [0.5, 0.6) is 11.5 Å². The molecule has 3 atom stereocenters. The fourth-order valence-electron chi connectivity index (χ4n) is 5.42. The number of halogens is 3. The molecule has 0 spiro atoms. The van der Waals surface area contributed by atoms with Gasteiger partial charge in [0, 0.05) is 12.5 Å². The van der Waals surface area contributed by atoms with Gasteiger partial charge in [-0.1, -0.05) is 52.9 Å². The minimum atomic E-state index is -4.15. The number of benzene rings is 1. The van der Waals surface area contributed by atoms with E-state index >= 15 is 0 Å². The molecule has 1 aromatic carbocycles. The summed E-state index contributed by atoms with van der Waals surface area (Å²) in [6.45, 7) is 13.8. The third kappa shape index (κ3) is 9.30. The van der Waals surface area contributed by atoms with Crippen LogP contribution in [0.2, 0.25) is 0 Å². The van der Waals surface area contributed by atoms with Crippen LogP contribution in [0, 0.1) is 31.6 Å². The highest BCUT2D eigenvalue weighted by Crippen LogP contribution is 2.43. The minimum absolute atomic E-state index is 0.153. The Kier molecular flexibility index (Phi) is 11.2. The maximum absolute atomic E-state index is 13.8. The first kappa shape index (κ1) is 30.5. The first-order valence-corrected chi connectivity index (χ1v) is 13.8. The lowest BCUT2D eigenvalue weighted by Gasteiger charge is -2.38. The van der Waals surface area contributed by atoms with E-state index < -0.39 is 17.7 Å². The SMILES string of the molecule is CC(=O)Oc1cc(C)c2c(c1C)CCC(C)(CCCC(CCCC(C)CCCC(C)C)C(F)(F)F)O2. The van der Waals surface area contributed by atoms with Crippen LogP contribution < -0.4 is 9.47 Å². The van der Waals surface area contributed by atoms with Gasteiger partial charge in [-0.05, 0) is 88.3 Å². The molecule has 1 aromatic rings. The molecule has 1 heterocycles. The van der Waals surface area contributed by atoms with Gasteiger partial charge in [0.1, 0.15) is 17.1 Å². The summed E-state index contributed by atoms with van der Waals surface area (Å²) in [6, 6.07) is 1.81. The average Bonchev–Trinajstić information content (AvgIpc) is 2.75. The van der Waals surface area contributed by atoms with Gasteiger partial charge in [0.05, 0.1) is 5.92 Å². The van der Waals surface area contributed by atoms with Crippen LogP contribution in [-0.4, -0.2) is 17.7 Å². The van der Waals surface area contributed by atoms with E-state index in [9.17, 15) is 18.0 Å². The molecule has 0 aromatic heterocycles. The number of alkyl halides is 3. The summed E-state index contributed by atoms with van der Waals surface area (Å²) in [5.74, 6) is 0.903. The molecule has 0 saturated heterocycles. The van der Waals surface area contributed by atoms with Crippen molar-refractivity contribution in [1.82, 2.24) is 0 Å². The topological polar surface area (TPSA) is 35.5 Å². The second-order valence-corrected chi connectivity index (χ2v) is 11.8. The molecule has 0 saturated carbocycles. The first-order chi connectivity index (χ1) is 16.7. The molecule has 1 aliphatic rings. The Labute approximate surface area is 216 Å². The minimum Gasteiger partial charge on any atom is -0.487 e. The second-order valence-electron chi connectivity index (χ2n) is 11.8. The van der Waals surface area contributed by atoms with Gasteiger partial charge in [-0.3, -0.25) is 4.79 Å². The summed E-state index contributed by atoms with van der Waals surface area (Å²) >= 11 is 0. The molecule has 1 aliphatic heterocycles. The number of esters is 1. The number of hydrogen-bond acceptors (Lipinski definition) is 3. The summed E-state index contributed by atoms with van der Waals surface area (Å²) in [5, 5.41) is 0. The van der Waals surface area contributed by atoms with E-state index in [1.165, 1.54) is 13.3 Å². The molecule has 0 aliphatic carbocycles. The Morgan fingerprint density at radius 2 is 1.67 bits per heavy atom. The van der Waals surface area contributed by atoms with Gasteiger partial charge in [-0.15, -0.1) is 0 Å². The number of hydrogen-bond donors (Lipinski definition) is 0. The Morgan fingerprint density at radius 3 is 2.25 bits per heavy atom. The lowest BCUT2D eigenvalue weighted by Crippen LogP contribution is -2.37. The zero-order chi connectivity index (χ0) is 27.1. The van der Waals surface area contributed by atoms with Crippen LogP contribution in [0.3, 0.4) is 0 Å². The summed E-state index contributed by atoms with van der Waals surface area (Å²) in [6.07, 6.45) is 3.75. The zero-order valence-electron chi connectivity index (χ0n) is 23.4. The number of carbonyl (C=O) groups excluding carboxylic acids is 1. The van der Waals surface area contributed by atoms with Crippen LogP contribution in [-0.2, 0) is 11.2 Å². The first-order valence-electron chi connectivity index (χ1n) is 13.8. The van der Waals surface area contributed by atoms with Crippen molar-refractivity contribution in [2.75, 3.05) is 0 Å². The summed E-state index contributed by atoms with van der Waals surface area (Å²) in [7, 11) is 0. The van der Waals surface area contributed by atoms with Crippen molar-refractivity contribution >= 4 is 5.97 Å². The molecule has 0 radical (unpaired) electrons. The van der Waals surface area contributed by atoms with E-state index in [0.717, 1.165) is 54.5 Å². The fourth-order valence-corrected chi connectivity index (χ4v) is 5.42. The van der Waals surface area contributed by atoms with E-state index in [-0.39, 0.29) is 18.8 Å². The second kappa shape index (κ2) is 13.2. The lowest BCUT2D eigenvalue weighted by atomic mass is 9.84. The van der Waals surface area contributed by atoms with Gasteiger partial charge in [-0.2, -0.15) is 13.2 Å². The van der Waals surface area contributed by atoms with Crippen LogP contribution in [0.15, 0.2) is 6.07 Å². The molecule has 3 unspecified atom stereocenters. The summed E-state index contributed by atoms with van der Waals surface area (Å²) < 4.78 is 53.0. The number of rotatable bonds is 13. The standard InChI is InChI=1S/C30H47F3O3/c1-20(2)11-8-12-21(3)13-9-14-25(30(31,32)33)15-10-17-29(7)18-16-26-23(5)27(35-24(6)34)19-22(4)28(26)36-29/h19-21,25H,8-18H2,1-7H3. The van der Waals surface area contributed by atoms with Gasteiger partial charge >= 0.3 is 12.1 Å². The summed E-state index contributed by atoms with van der Waals surface area (Å²) in [5.41, 5.74) is 2.31.